The van der Waals surface area contributed by atoms with Crippen LogP contribution in [0.5, 0.6) is 17.2 Å². The quantitative estimate of drug-likeness (QED) is 0.571. The molecule has 0 spiro atoms. The summed E-state index contributed by atoms with van der Waals surface area (Å²) in [6, 6.07) is 21.0. The Labute approximate surface area is 156 Å². The number of nitrogens with one attached hydrogen (secondary N) is 1. The number of hydrogen-bond acceptors (Lipinski definition) is 6. The van der Waals surface area contributed by atoms with Gasteiger partial charge in [-0.3, -0.25) is 10.0 Å². The summed E-state index contributed by atoms with van der Waals surface area (Å²) in [5, 5.41) is 34.2. The molecular formula is C21H19N3O3. The second kappa shape index (κ2) is 6.93. The van der Waals surface area contributed by atoms with Crippen LogP contribution in [0, 0.1) is 0 Å². The van der Waals surface area contributed by atoms with E-state index in [9.17, 15) is 15.3 Å². The average Bonchev–Trinajstić information content (AvgIpc) is 2.69. The maximum atomic E-state index is 10.3. The summed E-state index contributed by atoms with van der Waals surface area (Å²) in [5.41, 5.74) is 5.80. The number of anilines is 2. The van der Waals surface area contributed by atoms with Gasteiger partial charge in [-0.2, -0.15) is 0 Å². The van der Waals surface area contributed by atoms with Crippen molar-refractivity contribution in [3.8, 4) is 17.2 Å². The maximum absolute atomic E-state index is 10.3. The summed E-state index contributed by atoms with van der Waals surface area (Å²) in [4.78, 5) is 0. The fourth-order valence-corrected chi connectivity index (χ4v) is 3.08. The van der Waals surface area contributed by atoms with Gasteiger partial charge in [-0.1, -0.05) is 42.5 Å². The van der Waals surface area contributed by atoms with E-state index in [0.29, 0.717) is 23.5 Å². The van der Waals surface area contributed by atoms with E-state index in [0.717, 1.165) is 5.57 Å². The molecule has 3 aromatic rings. The number of nitrogens with zero attached hydrogens (tertiary/aromatic N) is 2. The second-order valence-electron chi connectivity index (χ2n) is 6.21. The van der Waals surface area contributed by atoms with Gasteiger partial charge >= 0.3 is 0 Å². The van der Waals surface area contributed by atoms with Gasteiger partial charge in [0.2, 0.25) is 0 Å². The molecule has 3 aromatic carbocycles. The number of hydrazine groups is 2. The average molecular weight is 361 g/mol. The minimum Gasteiger partial charge on any atom is -0.507 e. The lowest BCUT2D eigenvalue weighted by atomic mass is 10.0. The summed E-state index contributed by atoms with van der Waals surface area (Å²) < 4.78 is 0. The van der Waals surface area contributed by atoms with E-state index in [2.05, 4.69) is 5.53 Å². The van der Waals surface area contributed by atoms with Gasteiger partial charge in [0.15, 0.2) is 0 Å². The highest BCUT2D eigenvalue weighted by Gasteiger charge is 2.24. The molecule has 0 aliphatic carbocycles. The third-order valence-electron chi connectivity index (χ3n) is 4.41. The van der Waals surface area contributed by atoms with Gasteiger partial charge in [-0.05, 0) is 30.3 Å². The first kappa shape index (κ1) is 16.8. The van der Waals surface area contributed by atoms with Crippen molar-refractivity contribution >= 4 is 16.9 Å². The number of benzene rings is 3. The van der Waals surface area contributed by atoms with Crippen LogP contribution in [0.15, 0.2) is 79.0 Å². The third-order valence-corrected chi connectivity index (χ3v) is 4.41. The Morgan fingerprint density at radius 2 is 1.22 bits per heavy atom. The van der Waals surface area contributed by atoms with E-state index in [-0.39, 0.29) is 17.2 Å². The molecule has 1 aliphatic rings. The molecular weight excluding hydrogens is 342 g/mol. The molecule has 0 fully saturated rings. The van der Waals surface area contributed by atoms with E-state index in [1.807, 2.05) is 30.5 Å². The highest BCUT2D eigenvalue weighted by molar-refractivity contribution is 5.79. The lowest BCUT2D eigenvalue weighted by Crippen LogP contribution is -2.52. The van der Waals surface area contributed by atoms with Crippen LogP contribution in [-0.4, -0.2) is 21.9 Å². The maximum Gasteiger partial charge on any atom is 0.140 e. The Bertz CT molecular complexity index is 1000. The zero-order valence-electron chi connectivity index (χ0n) is 14.4. The summed E-state index contributed by atoms with van der Waals surface area (Å²) >= 11 is 0. The van der Waals surface area contributed by atoms with Crippen LogP contribution >= 0.6 is 0 Å². The van der Waals surface area contributed by atoms with Gasteiger partial charge in [0.05, 0.1) is 12.2 Å². The molecule has 4 N–H and O–H groups in total. The molecule has 1 aliphatic heterocycles. The summed E-state index contributed by atoms with van der Waals surface area (Å²) in [6.45, 7) is 0.402. The van der Waals surface area contributed by atoms with Gasteiger partial charge < -0.3 is 15.3 Å². The topological polar surface area (TPSA) is 79.2 Å². The summed E-state index contributed by atoms with van der Waals surface area (Å²) in [5.74, 6) is 0.401. The fourth-order valence-electron chi connectivity index (χ4n) is 3.08. The van der Waals surface area contributed by atoms with Crippen molar-refractivity contribution in [2.45, 2.75) is 0 Å². The SMILES string of the molecule is Oc1ccccc1C1=CN(c2ccccc2O)NN(c2ccccc2O)C1. The largest absolute Gasteiger partial charge is 0.507 e. The monoisotopic (exact) mass is 361 g/mol. The number of phenols is 3. The van der Waals surface area contributed by atoms with Gasteiger partial charge in [0.1, 0.15) is 22.9 Å². The highest BCUT2D eigenvalue weighted by Crippen LogP contribution is 2.35. The van der Waals surface area contributed by atoms with E-state index in [1.165, 1.54) is 0 Å². The van der Waals surface area contributed by atoms with E-state index >= 15 is 0 Å². The summed E-state index contributed by atoms with van der Waals surface area (Å²) in [7, 11) is 0. The second-order valence-corrected chi connectivity index (χ2v) is 6.21. The first-order valence-corrected chi connectivity index (χ1v) is 8.51. The molecule has 0 unspecified atom stereocenters. The molecule has 0 amide bonds. The number of rotatable bonds is 3. The molecule has 0 saturated heterocycles. The van der Waals surface area contributed by atoms with Gasteiger partial charge in [0, 0.05) is 17.3 Å². The number of phenolic OH excluding ortho intramolecular Hbond substituents is 3. The van der Waals surface area contributed by atoms with Crippen LogP contribution in [0.25, 0.3) is 5.57 Å². The predicted molar refractivity (Wildman–Crippen MR) is 105 cm³/mol. The molecule has 0 bridgehead atoms. The molecule has 0 saturated carbocycles. The Kier molecular flexibility index (Phi) is 4.32. The Morgan fingerprint density at radius 3 is 1.85 bits per heavy atom. The van der Waals surface area contributed by atoms with Crippen molar-refractivity contribution < 1.29 is 15.3 Å². The van der Waals surface area contributed by atoms with Crippen LogP contribution in [0.4, 0.5) is 11.4 Å². The van der Waals surface area contributed by atoms with Crippen molar-refractivity contribution in [1.82, 2.24) is 5.53 Å². The number of hydrogen-bond donors (Lipinski definition) is 4. The predicted octanol–water partition coefficient (Wildman–Crippen LogP) is 3.59. The first-order chi connectivity index (χ1) is 13.1. The Morgan fingerprint density at radius 1 is 0.667 bits per heavy atom. The van der Waals surface area contributed by atoms with Crippen LogP contribution < -0.4 is 15.6 Å². The molecule has 0 radical (unpaired) electrons. The summed E-state index contributed by atoms with van der Waals surface area (Å²) in [6.07, 6.45) is 1.82. The van der Waals surface area contributed by atoms with Crippen molar-refractivity contribution in [2.24, 2.45) is 0 Å². The van der Waals surface area contributed by atoms with E-state index < -0.39 is 0 Å². The van der Waals surface area contributed by atoms with Crippen molar-refractivity contribution in [3.63, 3.8) is 0 Å². The van der Waals surface area contributed by atoms with Crippen LogP contribution in [0.3, 0.4) is 0 Å². The zero-order chi connectivity index (χ0) is 18.8. The normalized spacial score (nSPS) is 14.1. The lowest BCUT2D eigenvalue weighted by Gasteiger charge is -2.38. The molecule has 4 rings (SSSR count). The zero-order valence-corrected chi connectivity index (χ0v) is 14.4. The van der Waals surface area contributed by atoms with Crippen molar-refractivity contribution in [1.29, 1.82) is 0 Å². The molecule has 6 heteroatoms. The standard InChI is InChI=1S/C21H19N3O3/c25-19-10-4-1-7-16(19)15-13-23(17-8-2-5-11-20(17)26)22-24(14-15)18-9-3-6-12-21(18)27/h1-13,22,25-27H,14H2. The van der Waals surface area contributed by atoms with E-state index in [1.54, 1.807) is 58.5 Å². The third kappa shape index (κ3) is 3.26. The van der Waals surface area contributed by atoms with E-state index in [4.69, 9.17) is 0 Å². The van der Waals surface area contributed by atoms with Gasteiger partial charge in [0.25, 0.3) is 0 Å². The molecule has 136 valence electrons. The van der Waals surface area contributed by atoms with Crippen molar-refractivity contribution in [3.05, 3.63) is 84.6 Å². The Balaban J connectivity index is 1.81. The molecule has 6 nitrogen and oxygen atoms in total. The van der Waals surface area contributed by atoms with Gasteiger partial charge in [-0.25, -0.2) is 0 Å². The van der Waals surface area contributed by atoms with Gasteiger partial charge in [-0.15, -0.1) is 5.53 Å². The smallest absolute Gasteiger partial charge is 0.140 e. The minimum absolute atomic E-state index is 0.108. The molecule has 27 heavy (non-hydrogen) atoms. The minimum atomic E-state index is 0.108. The van der Waals surface area contributed by atoms with Crippen LogP contribution in [0.1, 0.15) is 5.56 Å². The first-order valence-electron chi connectivity index (χ1n) is 8.51. The van der Waals surface area contributed by atoms with Crippen LogP contribution in [-0.2, 0) is 0 Å². The Hall–Kier alpha value is -3.64. The lowest BCUT2D eigenvalue weighted by molar-refractivity contribution is 0.465. The molecule has 0 atom stereocenters. The number of para-hydroxylation sites is 5. The molecule has 0 aromatic heterocycles. The number of aromatic hydroxyl groups is 3. The molecule has 1 heterocycles. The highest BCUT2D eigenvalue weighted by atomic mass is 16.3. The fraction of sp³-hybridized carbons (Fsp3) is 0.0476. The van der Waals surface area contributed by atoms with Crippen molar-refractivity contribution in [2.75, 3.05) is 16.6 Å². The van der Waals surface area contributed by atoms with Crippen LogP contribution in [0.2, 0.25) is 0 Å².